The SMILES string of the molecule is N#Cc1cc(-c2cc(N)on2)cc(F)c1O. The number of phenols is 1. The van der Waals surface area contributed by atoms with Gasteiger partial charge in [-0.25, -0.2) is 4.39 Å². The number of aromatic hydroxyl groups is 1. The smallest absolute Gasteiger partial charge is 0.222 e. The van der Waals surface area contributed by atoms with E-state index in [0.29, 0.717) is 11.3 Å². The number of phenolic OH excluding ortho intramolecular Hbond substituents is 1. The molecule has 0 fully saturated rings. The quantitative estimate of drug-likeness (QED) is 0.759. The van der Waals surface area contributed by atoms with Crippen LogP contribution >= 0.6 is 0 Å². The van der Waals surface area contributed by atoms with Gasteiger partial charge in [-0.1, -0.05) is 5.16 Å². The lowest BCUT2D eigenvalue weighted by molar-refractivity contribution is 0.430. The molecule has 1 heterocycles. The second-order valence-corrected chi connectivity index (χ2v) is 3.08. The monoisotopic (exact) mass is 219 g/mol. The van der Waals surface area contributed by atoms with Gasteiger partial charge in [0, 0.05) is 11.6 Å². The van der Waals surface area contributed by atoms with E-state index in [2.05, 4.69) is 9.68 Å². The molecule has 0 aliphatic rings. The first-order valence-electron chi connectivity index (χ1n) is 4.27. The summed E-state index contributed by atoms with van der Waals surface area (Å²) in [7, 11) is 0. The fraction of sp³-hybridized carbons (Fsp3) is 0. The third-order valence-corrected chi connectivity index (χ3v) is 2.01. The lowest BCUT2D eigenvalue weighted by Gasteiger charge is -2.00. The number of benzene rings is 1. The second kappa shape index (κ2) is 3.55. The zero-order valence-electron chi connectivity index (χ0n) is 7.94. The van der Waals surface area contributed by atoms with Gasteiger partial charge in [0.25, 0.3) is 0 Å². The van der Waals surface area contributed by atoms with Gasteiger partial charge in [-0.3, -0.25) is 0 Å². The summed E-state index contributed by atoms with van der Waals surface area (Å²) >= 11 is 0. The average molecular weight is 219 g/mol. The van der Waals surface area contributed by atoms with Gasteiger partial charge in [-0.2, -0.15) is 5.26 Å². The molecule has 0 spiro atoms. The molecule has 0 saturated carbocycles. The fourth-order valence-corrected chi connectivity index (χ4v) is 1.26. The van der Waals surface area contributed by atoms with Crippen LogP contribution in [0.15, 0.2) is 22.7 Å². The van der Waals surface area contributed by atoms with Crippen LogP contribution in [-0.4, -0.2) is 10.3 Å². The van der Waals surface area contributed by atoms with Crippen LogP contribution in [0.2, 0.25) is 0 Å². The van der Waals surface area contributed by atoms with Gasteiger partial charge in [-0.05, 0) is 12.1 Å². The van der Waals surface area contributed by atoms with Crippen molar-refractivity contribution in [2.24, 2.45) is 0 Å². The van der Waals surface area contributed by atoms with Gasteiger partial charge in [0.05, 0.1) is 5.56 Å². The Morgan fingerprint density at radius 2 is 2.19 bits per heavy atom. The van der Waals surface area contributed by atoms with E-state index in [9.17, 15) is 9.50 Å². The molecule has 0 saturated heterocycles. The van der Waals surface area contributed by atoms with Crippen LogP contribution in [0.3, 0.4) is 0 Å². The largest absolute Gasteiger partial charge is 0.504 e. The Hall–Kier alpha value is -2.55. The van der Waals surface area contributed by atoms with E-state index in [1.165, 1.54) is 12.1 Å². The summed E-state index contributed by atoms with van der Waals surface area (Å²) in [4.78, 5) is 0. The maximum absolute atomic E-state index is 13.2. The van der Waals surface area contributed by atoms with Gasteiger partial charge >= 0.3 is 0 Å². The van der Waals surface area contributed by atoms with Crippen molar-refractivity contribution < 1.29 is 14.0 Å². The van der Waals surface area contributed by atoms with Crippen molar-refractivity contribution in [1.82, 2.24) is 5.16 Å². The maximum Gasteiger partial charge on any atom is 0.222 e. The summed E-state index contributed by atoms with van der Waals surface area (Å²) in [6.45, 7) is 0. The molecule has 6 heteroatoms. The highest BCUT2D eigenvalue weighted by Gasteiger charge is 2.12. The van der Waals surface area contributed by atoms with E-state index in [0.717, 1.165) is 6.07 Å². The molecule has 5 nitrogen and oxygen atoms in total. The molecular formula is C10H6FN3O2. The normalized spacial score (nSPS) is 10.0. The first kappa shape index (κ1) is 9.98. The first-order chi connectivity index (χ1) is 7.61. The number of hydrogen-bond donors (Lipinski definition) is 2. The molecule has 0 atom stereocenters. The Bertz CT molecular complexity index is 586. The molecule has 0 bridgehead atoms. The number of anilines is 1. The van der Waals surface area contributed by atoms with Crippen molar-refractivity contribution in [1.29, 1.82) is 5.26 Å². The van der Waals surface area contributed by atoms with E-state index >= 15 is 0 Å². The predicted octanol–water partition coefficient (Wildman–Crippen LogP) is 1.64. The summed E-state index contributed by atoms with van der Waals surface area (Å²) in [5.74, 6) is -1.49. The lowest BCUT2D eigenvalue weighted by atomic mass is 10.1. The zero-order valence-corrected chi connectivity index (χ0v) is 7.94. The highest BCUT2D eigenvalue weighted by molar-refractivity contribution is 5.65. The van der Waals surface area contributed by atoms with Gasteiger partial charge in [0.2, 0.25) is 5.88 Å². The van der Waals surface area contributed by atoms with Crippen LogP contribution in [0.5, 0.6) is 5.75 Å². The first-order valence-corrected chi connectivity index (χ1v) is 4.27. The Morgan fingerprint density at radius 3 is 2.75 bits per heavy atom. The third-order valence-electron chi connectivity index (χ3n) is 2.01. The topological polar surface area (TPSA) is 96.1 Å². The summed E-state index contributed by atoms with van der Waals surface area (Å²) in [6.07, 6.45) is 0. The maximum atomic E-state index is 13.2. The molecule has 16 heavy (non-hydrogen) atoms. The summed E-state index contributed by atoms with van der Waals surface area (Å²) in [5, 5.41) is 21.5. The van der Waals surface area contributed by atoms with Gasteiger partial charge in [0.1, 0.15) is 11.8 Å². The number of hydrogen-bond acceptors (Lipinski definition) is 5. The van der Waals surface area contributed by atoms with Gasteiger partial charge in [-0.15, -0.1) is 0 Å². The van der Waals surface area contributed by atoms with Gasteiger partial charge in [0.15, 0.2) is 11.6 Å². The Balaban J connectivity index is 2.60. The number of nitrogen functional groups attached to an aromatic ring is 1. The van der Waals surface area contributed by atoms with Crippen LogP contribution < -0.4 is 5.73 Å². The molecule has 0 radical (unpaired) electrons. The van der Waals surface area contributed by atoms with Crippen LogP contribution in [-0.2, 0) is 0 Å². The highest BCUT2D eigenvalue weighted by Crippen LogP contribution is 2.28. The molecule has 0 aliphatic heterocycles. The molecular weight excluding hydrogens is 213 g/mol. The van der Waals surface area contributed by atoms with E-state index in [4.69, 9.17) is 11.0 Å². The predicted molar refractivity (Wildman–Crippen MR) is 52.7 cm³/mol. The Labute approximate surface area is 89.5 Å². The van der Waals surface area contributed by atoms with Crippen molar-refractivity contribution in [2.75, 3.05) is 5.73 Å². The summed E-state index contributed by atoms with van der Waals surface area (Å²) in [5.41, 5.74) is 5.76. The molecule has 3 N–H and O–H groups in total. The molecule has 0 unspecified atom stereocenters. The zero-order chi connectivity index (χ0) is 11.7. The minimum atomic E-state index is -0.893. The molecule has 0 aliphatic carbocycles. The third kappa shape index (κ3) is 1.54. The van der Waals surface area contributed by atoms with Crippen LogP contribution in [0.4, 0.5) is 10.3 Å². The van der Waals surface area contributed by atoms with Crippen LogP contribution in [0.1, 0.15) is 5.56 Å². The van der Waals surface area contributed by atoms with Crippen LogP contribution in [0.25, 0.3) is 11.3 Å². The molecule has 1 aromatic heterocycles. The minimum Gasteiger partial charge on any atom is -0.504 e. The van der Waals surface area contributed by atoms with Gasteiger partial charge < -0.3 is 15.4 Å². The van der Waals surface area contributed by atoms with Crippen molar-refractivity contribution in [3.8, 4) is 23.1 Å². The number of aromatic nitrogens is 1. The fourth-order valence-electron chi connectivity index (χ4n) is 1.26. The number of nitrogens with zero attached hydrogens (tertiary/aromatic N) is 2. The molecule has 2 aromatic rings. The lowest BCUT2D eigenvalue weighted by Crippen LogP contribution is -1.86. The van der Waals surface area contributed by atoms with Crippen molar-refractivity contribution >= 4 is 5.88 Å². The van der Waals surface area contributed by atoms with Crippen molar-refractivity contribution in [2.45, 2.75) is 0 Å². The van der Waals surface area contributed by atoms with Crippen molar-refractivity contribution in [3.05, 3.63) is 29.6 Å². The molecule has 1 aromatic carbocycles. The number of nitriles is 1. The summed E-state index contributed by atoms with van der Waals surface area (Å²) in [6, 6.07) is 5.42. The molecule has 0 amide bonds. The number of nitrogens with two attached hydrogens (primary N) is 1. The van der Waals surface area contributed by atoms with E-state index < -0.39 is 11.6 Å². The van der Waals surface area contributed by atoms with Crippen molar-refractivity contribution in [3.63, 3.8) is 0 Å². The second-order valence-electron chi connectivity index (χ2n) is 3.08. The van der Waals surface area contributed by atoms with E-state index in [-0.39, 0.29) is 11.4 Å². The van der Waals surface area contributed by atoms with Crippen LogP contribution in [0, 0.1) is 17.1 Å². The van der Waals surface area contributed by atoms with E-state index in [1.807, 2.05) is 0 Å². The molecule has 80 valence electrons. The summed E-state index contributed by atoms with van der Waals surface area (Å²) < 4.78 is 17.9. The number of rotatable bonds is 1. The Morgan fingerprint density at radius 1 is 1.44 bits per heavy atom. The standard InChI is InChI=1S/C10H6FN3O2/c11-7-2-5(1-6(4-12)10(7)15)8-3-9(13)16-14-8/h1-3,15H,13H2. The average Bonchev–Trinajstić information content (AvgIpc) is 2.69. The highest BCUT2D eigenvalue weighted by atomic mass is 19.1. The van der Waals surface area contributed by atoms with E-state index in [1.54, 1.807) is 6.07 Å². The number of halogens is 1. The Kier molecular flexibility index (Phi) is 2.21. The molecule has 2 rings (SSSR count). The minimum absolute atomic E-state index is 0.0852.